The van der Waals surface area contributed by atoms with Crippen molar-refractivity contribution in [3.05, 3.63) is 186 Å². The van der Waals surface area contributed by atoms with Gasteiger partial charge in [-0.3, -0.25) is 0 Å². The summed E-state index contributed by atoms with van der Waals surface area (Å²) in [6.45, 7) is 0. The Bertz CT molecular complexity index is 3040. The minimum absolute atomic E-state index is 0.333. The molecule has 4 heteroatoms. The third-order valence-corrected chi connectivity index (χ3v) is 16.0. The molecule has 2 heterocycles. The van der Waals surface area contributed by atoms with Crippen molar-refractivity contribution in [1.82, 2.24) is 15.0 Å². The Morgan fingerprint density at radius 1 is 0.475 bits per heavy atom. The van der Waals surface area contributed by atoms with Crippen LogP contribution in [0.3, 0.4) is 0 Å². The van der Waals surface area contributed by atoms with E-state index in [1.807, 2.05) is 0 Å². The fraction of sp³-hybridized carbons (Fsp3) is 0.218. The minimum Gasteiger partial charge on any atom is -0.456 e. The normalized spacial score (nSPS) is 25.5. The lowest BCUT2D eigenvalue weighted by Crippen LogP contribution is -2.42. The Balaban J connectivity index is 0.971. The molecule has 4 nitrogen and oxygen atoms in total. The van der Waals surface area contributed by atoms with Crippen LogP contribution in [0.1, 0.15) is 66.3 Å². The van der Waals surface area contributed by atoms with Gasteiger partial charge in [-0.1, -0.05) is 146 Å². The highest BCUT2D eigenvalue weighted by atomic mass is 16.5. The summed E-state index contributed by atoms with van der Waals surface area (Å²) in [6.07, 6.45) is 8.57. The van der Waals surface area contributed by atoms with E-state index < -0.39 is 5.41 Å². The fourth-order valence-electron chi connectivity index (χ4n) is 13.9. The molecule has 3 unspecified atom stereocenters. The Morgan fingerprint density at radius 2 is 1.10 bits per heavy atom. The maximum atomic E-state index is 7.08. The summed E-state index contributed by atoms with van der Waals surface area (Å²) >= 11 is 0. The zero-order chi connectivity index (χ0) is 38.5. The predicted molar refractivity (Wildman–Crippen MR) is 233 cm³/mol. The molecule has 2 spiro atoms. The van der Waals surface area contributed by atoms with Crippen LogP contribution in [0, 0.1) is 23.2 Å². The summed E-state index contributed by atoms with van der Waals surface area (Å²) in [5, 5.41) is 2.27. The molecule has 4 saturated carbocycles. The minimum atomic E-state index is -0.575. The zero-order valence-corrected chi connectivity index (χ0v) is 32.7. The van der Waals surface area contributed by atoms with Gasteiger partial charge in [-0.05, 0) is 118 Å². The molecule has 4 fully saturated rings. The van der Waals surface area contributed by atoms with Crippen LogP contribution in [0.5, 0.6) is 11.5 Å². The number of nitrogens with zero attached hydrogens (tertiary/aromatic N) is 3. The molecule has 0 N–H and O–H groups in total. The van der Waals surface area contributed by atoms with Crippen molar-refractivity contribution in [2.75, 3.05) is 0 Å². The lowest BCUT2D eigenvalue weighted by atomic mass is 9.55. The van der Waals surface area contributed by atoms with E-state index in [1.54, 1.807) is 0 Å². The molecule has 7 aromatic carbocycles. The lowest BCUT2D eigenvalue weighted by Gasteiger charge is -2.49. The first-order valence-electron chi connectivity index (χ1n) is 21.6. The van der Waals surface area contributed by atoms with E-state index in [9.17, 15) is 0 Å². The molecule has 8 aromatic rings. The molecule has 3 bridgehead atoms. The summed E-state index contributed by atoms with van der Waals surface area (Å²) in [7, 11) is 0. The van der Waals surface area contributed by atoms with E-state index in [0.29, 0.717) is 28.3 Å². The molecule has 0 amide bonds. The van der Waals surface area contributed by atoms with Crippen molar-refractivity contribution in [3.8, 4) is 56.8 Å². The highest BCUT2D eigenvalue weighted by Gasteiger charge is 2.71. The highest BCUT2D eigenvalue weighted by molar-refractivity contribution is 5.96. The van der Waals surface area contributed by atoms with Gasteiger partial charge in [0.2, 0.25) is 0 Å². The number of fused-ring (bicyclic) bond motifs is 12. The van der Waals surface area contributed by atoms with Crippen LogP contribution in [0.4, 0.5) is 0 Å². The highest BCUT2D eigenvalue weighted by Crippen LogP contribution is 2.79. The van der Waals surface area contributed by atoms with E-state index >= 15 is 0 Å². The van der Waals surface area contributed by atoms with Gasteiger partial charge in [0.05, 0.1) is 11.0 Å². The predicted octanol–water partition coefficient (Wildman–Crippen LogP) is 13.0. The van der Waals surface area contributed by atoms with E-state index in [4.69, 9.17) is 19.7 Å². The number of benzene rings is 7. The number of hydrogen-bond acceptors (Lipinski definition) is 4. The average molecular weight is 760 g/mol. The first-order valence-corrected chi connectivity index (χ1v) is 21.6. The second kappa shape index (κ2) is 11.4. The first-order chi connectivity index (χ1) is 29.1. The molecule has 59 heavy (non-hydrogen) atoms. The van der Waals surface area contributed by atoms with Crippen LogP contribution in [0.15, 0.2) is 158 Å². The number of para-hydroxylation sites is 2. The quantitative estimate of drug-likeness (QED) is 0.179. The van der Waals surface area contributed by atoms with Crippen LogP contribution >= 0.6 is 0 Å². The van der Waals surface area contributed by atoms with Crippen LogP contribution in [-0.2, 0) is 10.8 Å². The molecule has 1 aliphatic heterocycles. The third-order valence-electron chi connectivity index (χ3n) is 16.0. The Labute approximate surface area is 344 Å². The van der Waals surface area contributed by atoms with E-state index in [-0.39, 0.29) is 0 Å². The van der Waals surface area contributed by atoms with Gasteiger partial charge in [-0.25, -0.2) is 15.0 Å². The van der Waals surface area contributed by atoms with Crippen LogP contribution < -0.4 is 4.74 Å². The SMILES string of the molecule is c1ccc2c(c1)Oc1c(-c3nc(-c4ccc(C56C[C@@H]7CC8C[C@H](C5)C8(C7)C6)cc4)nc(-c4cccc5ccccc45)n3)cccc1C21c2ccccc2-c2ccccc21. The average Bonchev–Trinajstić information content (AvgIpc) is 3.77. The number of ether oxygens (including phenoxy) is 1. The molecule has 5 atom stereocenters. The van der Waals surface area contributed by atoms with E-state index in [2.05, 4.69) is 158 Å². The zero-order valence-electron chi connectivity index (χ0n) is 32.7. The summed E-state index contributed by atoms with van der Waals surface area (Å²) in [5.41, 5.74) is 12.1. The fourth-order valence-corrected chi connectivity index (χ4v) is 13.9. The standard InChI is InChI=1S/C55H41N3O/c1-2-13-39-34(11-1)12-9-16-42(39)51-56-50(35-23-25-36(26-24-35)53-29-33-27-37-28-38(31-53)54(37,30-33)32-53)57-52(58-51)43-17-10-21-47-49(43)59-48-22-8-7-20-46(48)55(47)44-18-5-3-14-40(44)41-15-4-6-19-45(41)55/h1-26,33,37-38H,27-32H2/t33-,37?,38+,53?,54?/m0/s1. The molecule has 6 aliphatic rings. The molecular formula is C55H41N3O. The second-order valence-corrected chi connectivity index (χ2v) is 18.6. The summed E-state index contributed by atoms with van der Waals surface area (Å²) in [4.78, 5) is 16.1. The van der Waals surface area contributed by atoms with Gasteiger partial charge in [-0.15, -0.1) is 0 Å². The van der Waals surface area contributed by atoms with Gasteiger partial charge in [0.15, 0.2) is 17.5 Å². The summed E-state index contributed by atoms with van der Waals surface area (Å²) in [6, 6.07) is 57.1. The monoisotopic (exact) mass is 759 g/mol. The van der Waals surface area contributed by atoms with Crippen LogP contribution in [0.2, 0.25) is 0 Å². The van der Waals surface area contributed by atoms with Gasteiger partial charge in [0.1, 0.15) is 11.5 Å². The Morgan fingerprint density at radius 3 is 1.93 bits per heavy atom. The topological polar surface area (TPSA) is 47.9 Å². The maximum Gasteiger partial charge on any atom is 0.167 e. The van der Waals surface area contributed by atoms with Crippen molar-refractivity contribution < 1.29 is 4.74 Å². The largest absolute Gasteiger partial charge is 0.456 e. The maximum absolute atomic E-state index is 7.08. The van der Waals surface area contributed by atoms with Gasteiger partial charge < -0.3 is 4.74 Å². The molecule has 5 aliphatic carbocycles. The second-order valence-electron chi connectivity index (χ2n) is 18.6. The molecule has 282 valence electrons. The van der Waals surface area contributed by atoms with Gasteiger partial charge in [-0.2, -0.15) is 0 Å². The molecular weight excluding hydrogens is 719 g/mol. The van der Waals surface area contributed by atoms with Crippen molar-refractivity contribution in [2.24, 2.45) is 23.2 Å². The summed E-state index contributed by atoms with van der Waals surface area (Å²) in [5.74, 6) is 6.41. The number of hydrogen-bond donors (Lipinski definition) is 0. The van der Waals surface area contributed by atoms with Crippen molar-refractivity contribution in [2.45, 2.75) is 49.4 Å². The third kappa shape index (κ3) is 4.17. The molecule has 0 radical (unpaired) electrons. The van der Waals surface area contributed by atoms with Gasteiger partial charge >= 0.3 is 0 Å². The molecule has 0 saturated heterocycles. The number of rotatable bonds is 4. The van der Waals surface area contributed by atoms with Crippen molar-refractivity contribution in [3.63, 3.8) is 0 Å². The van der Waals surface area contributed by atoms with Crippen molar-refractivity contribution in [1.29, 1.82) is 0 Å². The first kappa shape index (κ1) is 32.6. The smallest absolute Gasteiger partial charge is 0.167 e. The van der Waals surface area contributed by atoms with Gasteiger partial charge in [0, 0.05) is 22.3 Å². The van der Waals surface area contributed by atoms with Crippen molar-refractivity contribution >= 4 is 10.8 Å². The Kier molecular flexibility index (Phi) is 6.30. The molecule has 1 aromatic heterocycles. The number of aromatic nitrogens is 3. The van der Waals surface area contributed by atoms with Crippen LogP contribution in [-0.4, -0.2) is 15.0 Å². The van der Waals surface area contributed by atoms with Crippen LogP contribution in [0.25, 0.3) is 56.1 Å². The summed E-state index contributed by atoms with van der Waals surface area (Å²) < 4.78 is 7.08. The van der Waals surface area contributed by atoms with E-state index in [1.165, 1.54) is 66.3 Å². The lowest BCUT2D eigenvalue weighted by molar-refractivity contribution is -0.000160. The molecule has 14 rings (SSSR count). The van der Waals surface area contributed by atoms with Gasteiger partial charge in [0.25, 0.3) is 0 Å². The van der Waals surface area contributed by atoms with E-state index in [0.717, 1.165) is 67.8 Å². The Hall–Kier alpha value is -6.39.